The van der Waals surface area contributed by atoms with Gasteiger partial charge < -0.3 is 20.3 Å². The highest BCUT2D eigenvalue weighted by Crippen LogP contribution is 2.16. The highest BCUT2D eigenvalue weighted by molar-refractivity contribution is 5.77. The van der Waals surface area contributed by atoms with Crippen LogP contribution in [0.3, 0.4) is 0 Å². The fraction of sp³-hybridized carbons (Fsp3) is 0.867. The molecule has 122 valence electrons. The van der Waals surface area contributed by atoms with Crippen LogP contribution in [0.25, 0.3) is 0 Å². The van der Waals surface area contributed by atoms with Gasteiger partial charge in [0.25, 0.3) is 0 Å². The Balaban J connectivity index is 2.60. The molecule has 0 aromatic heterocycles. The number of hydrogen-bond donors (Lipinski definition) is 1. The van der Waals surface area contributed by atoms with Crippen LogP contribution in [0.1, 0.15) is 47.0 Å². The first-order valence-corrected chi connectivity index (χ1v) is 7.76. The Kier molecular flexibility index (Phi) is 6.45. The third-order valence-electron chi connectivity index (χ3n) is 3.47. The smallest absolute Gasteiger partial charge is 0.410 e. The summed E-state index contributed by atoms with van der Waals surface area (Å²) in [5, 5.41) is 0. The summed E-state index contributed by atoms with van der Waals surface area (Å²) in [5.41, 5.74) is 5.27. The Morgan fingerprint density at radius 1 is 1.29 bits per heavy atom. The molecule has 1 atom stereocenters. The Hall–Kier alpha value is -1.30. The number of ether oxygens (including phenoxy) is 1. The van der Waals surface area contributed by atoms with Crippen molar-refractivity contribution in [2.24, 2.45) is 5.73 Å². The maximum Gasteiger partial charge on any atom is 0.410 e. The van der Waals surface area contributed by atoms with Gasteiger partial charge in [-0.1, -0.05) is 13.3 Å². The first-order chi connectivity index (χ1) is 9.78. The molecular formula is C15H29N3O3. The molecule has 6 nitrogen and oxygen atoms in total. The van der Waals surface area contributed by atoms with Crippen LogP contribution < -0.4 is 5.73 Å². The second kappa shape index (κ2) is 7.64. The van der Waals surface area contributed by atoms with Crippen LogP contribution in [0.5, 0.6) is 0 Å². The summed E-state index contributed by atoms with van der Waals surface area (Å²) in [4.78, 5) is 27.7. The lowest BCUT2D eigenvalue weighted by atomic mass is 10.1. The van der Waals surface area contributed by atoms with E-state index in [0.29, 0.717) is 32.6 Å². The van der Waals surface area contributed by atoms with E-state index in [1.165, 1.54) is 0 Å². The zero-order valence-corrected chi connectivity index (χ0v) is 13.7. The van der Waals surface area contributed by atoms with Gasteiger partial charge in [0.2, 0.25) is 5.91 Å². The van der Waals surface area contributed by atoms with Crippen molar-refractivity contribution in [2.75, 3.05) is 26.2 Å². The molecule has 0 aliphatic carbocycles. The summed E-state index contributed by atoms with van der Waals surface area (Å²) in [5.74, 6) is 0.135. The molecule has 21 heavy (non-hydrogen) atoms. The number of rotatable bonds is 4. The van der Waals surface area contributed by atoms with Gasteiger partial charge in [-0.15, -0.1) is 0 Å². The third-order valence-corrected chi connectivity index (χ3v) is 3.47. The number of hydrogen-bond acceptors (Lipinski definition) is 4. The quantitative estimate of drug-likeness (QED) is 0.855. The maximum absolute atomic E-state index is 12.2. The number of unbranched alkanes of at least 4 members (excludes halogenated alkanes) is 1. The molecule has 1 aliphatic rings. The second-order valence-corrected chi connectivity index (χ2v) is 6.51. The minimum Gasteiger partial charge on any atom is -0.444 e. The van der Waals surface area contributed by atoms with E-state index in [0.717, 1.165) is 12.8 Å². The van der Waals surface area contributed by atoms with Crippen LogP contribution in [0, 0.1) is 0 Å². The lowest BCUT2D eigenvalue weighted by molar-refractivity contribution is -0.136. The SMILES string of the molecule is CCCCC(=O)N1CCN(C(=O)OC(C)(C)C)CC1CN. The van der Waals surface area contributed by atoms with Gasteiger partial charge in [-0.3, -0.25) is 4.79 Å². The average Bonchev–Trinajstić information content (AvgIpc) is 2.42. The second-order valence-electron chi connectivity index (χ2n) is 6.51. The van der Waals surface area contributed by atoms with Crippen LogP contribution in [-0.4, -0.2) is 59.6 Å². The van der Waals surface area contributed by atoms with E-state index in [1.54, 1.807) is 4.90 Å². The maximum atomic E-state index is 12.2. The molecule has 1 heterocycles. The molecule has 0 radical (unpaired) electrons. The fourth-order valence-corrected chi connectivity index (χ4v) is 2.35. The monoisotopic (exact) mass is 299 g/mol. The highest BCUT2D eigenvalue weighted by Gasteiger charge is 2.33. The van der Waals surface area contributed by atoms with Crippen molar-refractivity contribution in [3.05, 3.63) is 0 Å². The van der Waals surface area contributed by atoms with Crippen molar-refractivity contribution < 1.29 is 14.3 Å². The summed E-state index contributed by atoms with van der Waals surface area (Å²) in [7, 11) is 0. The molecule has 0 bridgehead atoms. The summed E-state index contributed by atoms with van der Waals surface area (Å²) in [6.45, 7) is 9.43. The van der Waals surface area contributed by atoms with Gasteiger partial charge in [0.15, 0.2) is 0 Å². The Morgan fingerprint density at radius 2 is 1.95 bits per heavy atom. The lowest BCUT2D eigenvalue weighted by Gasteiger charge is -2.41. The van der Waals surface area contributed by atoms with Gasteiger partial charge in [-0.2, -0.15) is 0 Å². The van der Waals surface area contributed by atoms with Crippen LogP contribution in [-0.2, 0) is 9.53 Å². The summed E-state index contributed by atoms with van der Waals surface area (Å²) >= 11 is 0. The zero-order chi connectivity index (χ0) is 16.0. The van der Waals surface area contributed by atoms with Gasteiger partial charge >= 0.3 is 6.09 Å². The van der Waals surface area contributed by atoms with Gasteiger partial charge in [-0.05, 0) is 27.2 Å². The fourth-order valence-electron chi connectivity index (χ4n) is 2.35. The summed E-state index contributed by atoms with van der Waals surface area (Å²) in [6, 6.07) is -0.115. The molecule has 2 N–H and O–H groups in total. The number of carbonyl (C=O) groups is 2. The zero-order valence-electron chi connectivity index (χ0n) is 13.7. The molecule has 0 saturated carbocycles. The molecular weight excluding hydrogens is 270 g/mol. The Bertz CT molecular complexity index is 366. The number of amides is 2. The first kappa shape index (κ1) is 17.8. The molecule has 1 fully saturated rings. The van der Waals surface area contributed by atoms with Crippen molar-refractivity contribution in [3.63, 3.8) is 0 Å². The molecule has 0 spiro atoms. The van der Waals surface area contributed by atoms with E-state index in [9.17, 15) is 9.59 Å². The topological polar surface area (TPSA) is 75.9 Å². The normalized spacial score (nSPS) is 19.6. The number of nitrogens with two attached hydrogens (primary N) is 1. The first-order valence-electron chi connectivity index (χ1n) is 7.76. The molecule has 0 aromatic carbocycles. The molecule has 1 aliphatic heterocycles. The van der Waals surface area contributed by atoms with Gasteiger partial charge in [-0.25, -0.2) is 4.79 Å². The molecule has 2 amide bonds. The van der Waals surface area contributed by atoms with E-state index < -0.39 is 5.60 Å². The van der Waals surface area contributed by atoms with E-state index in [2.05, 4.69) is 6.92 Å². The van der Waals surface area contributed by atoms with Crippen LogP contribution >= 0.6 is 0 Å². The average molecular weight is 299 g/mol. The minimum atomic E-state index is -0.511. The lowest BCUT2D eigenvalue weighted by Crippen LogP contribution is -2.59. The largest absolute Gasteiger partial charge is 0.444 e. The Morgan fingerprint density at radius 3 is 2.48 bits per heavy atom. The van der Waals surface area contributed by atoms with Crippen molar-refractivity contribution in [1.29, 1.82) is 0 Å². The predicted octanol–water partition coefficient (Wildman–Crippen LogP) is 1.58. The van der Waals surface area contributed by atoms with E-state index in [-0.39, 0.29) is 18.0 Å². The van der Waals surface area contributed by atoms with E-state index in [4.69, 9.17) is 10.5 Å². The van der Waals surface area contributed by atoms with Gasteiger partial charge in [0.1, 0.15) is 5.60 Å². The van der Waals surface area contributed by atoms with Crippen molar-refractivity contribution in [3.8, 4) is 0 Å². The standard InChI is InChI=1S/C15H29N3O3/c1-5-6-7-13(19)18-9-8-17(11-12(18)10-16)14(20)21-15(2,3)4/h12H,5-11,16H2,1-4H3. The van der Waals surface area contributed by atoms with Crippen molar-refractivity contribution >= 4 is 12.0 Å². The number of nitrogens with zero attached hydrogens (tertiary/aromatic N) is 2. The summed E-state index contributed by atoms with van der Waals surface area (Å²) < 4.78 is 5.37. The van der Waals surface area contributed by atoms with Crippen molar-refractivity contribution in [1.82, 2.24) is 9.80 Å². The van der Waals surface area contributed by atoms with Gasteiger partial charge in [0, 0.05) is 32.6 Å². The molecule has 0 aromatic rings. The Labute approximate surface area is 127 Å². The third kappa shape index (κ3) is 5.53. The number of carbonyl (C=O) groups excluding carboxylic acids is 2. The van der Waals surface area contributed by atoms with E-state index >= 15 is 0 Å². The minimum absolute atomic E-state index is 0.115. The van der Waals surface area contributed by atoms with Crippen LogP contribution in [0.15, 0.2) is 0 Å². The van der Waals surface area contributed by atoms with E-state index in [1.807, 2.05) is 25.7 Å². The van der Waals surface area contributed by atoms with Crippen molar-refractivity contribution in [2.45, 2.75) is 58.6 Å². The molecule has 1 rings (SSSR count). The molecule has 1 unspecified atom stereocenters. The summed E-state index contributed by atoms with van der Waals surface area (Å²) in [6.07, 6.45) is 2.11. The molecule has 6 heteroatoms. The molecule has 1 saturated heterocycles. The van der Waals surface area contributed by atoms with Crippen LogP contribution in [0.2, 0.25) is 0 Å². The van der Waals surface area contributed by atoms with Crippen LogP contribution in [0.4, 0.5) is 4.79 Å². The van der Waals surface area contributed by atoms with Gasteiger partial charge in [0.05, 0.1) is 6.04 Å². The predicted molar refractivity (Wildman–Crippen MR) is 81.9 cm³/mol. The number of piperazine rings is 1. The highest BCUT2D eigenvalue weighted by atomic mass is 16.6.